The molecule has 0 radical (unpaired) electrons. The quantitative estimate of drug-likeness (QED) is 0.0272. The van der Waals surface area contributed by atoms with Crippen LogP contribution >= 0.6 is 7.82 Å². The first-order valence-electron chi connectivity index (χ1n) is 29.5. The van der Waals surface area contributed by atoms with Crippen molar-refractivity contribution in [3.8, 4) is 0 Å². The fourth-order valence-electron chi connectivity index (χ4n) is 8.61. The van der Waals surface area contributed by atoms with Crippen molar-refractivity contribution in [2.75, 3.05) is 40.9 Å². The van der Waals surface area contributed by atoms with Gasteiger partial charge in [-0.25, -0.2) is 0 Å². The van der Waals surface area contributed by atoms with Crippen LogP contribution in [0.4, 0.5) is 0 Å². The van der Waals surface area contributed by atoms with E-state index in [9.17, 15) is 19.4 Å². The Hall–Kier alpha value is -1.54. The normalized spacial score (nSPS) is 14.2. The monoisotopic (exact) mass is 991 g/mol. The predicted octanol–water partition coefficient (Wildman–Crippen LogP) is 17.3. The van der Waals surface area contributed by atoms with Crippen molar-refractivity contribution in [2.24, 2.45) is 0 Å². The van der Waals surface area contributed by atoms with Crippen molar-refractivity contribution in [1.29, 1.82) is 0 Å². The SMILES string of the molecule is CCCCCCCCCCC/C=C\C/C=C\CCCCCCCCCC(=O)NC(COP(=O)([O-])OCC[N+](C)(C)C)C(O)/C=C/CC/C=C/CCCCCCCCCCCCCCCCCCCC. The summed E-state index contributed by atoms with van der Waals surface area (Å²) in [6.45, 7) is 4.65. The van der Waals surface area contributed by atoms with Crippen LogP contribution in [0.1, 0.15) is 277 Å². The van der Waals surface area contributed by atoms with Gasteiger partial charge in [-0.2, -0.15) is 0 Å². The number of aliphatic hydroxyl groups excluding tert-OH is 1. The molecular weight excluding hydrogens is 876 g/mol. The number of allylic oxidation sites excluding steroid dienone is 7. The highest BCUT2D eigenvalue weighted by Gasteiger charge is 2.23. The van der Waals surface area contributed by atoms with E-state index in [4.69, 9.17) is 9.05 Å². The topological polar surface area (TPSA) is 108 Å². The van der Waals surface area contributed by atoms with E-state index >= 15 is 0 Å². The smallest absolute Gasteiger partial charge is 0.268 e. The first-order chi connectivity index (χ1) is 33.5. The summed E-state index contributed by atoms with van der Waals surface area (Å²) in [4.78, 5) is 25.5. The van der Waals surface area contributed by atoms with Crippen LogP contribution < -0.4 is 10.2 Å². The molecule has 1 amide bonds. The van der Waals surface area contributed by atoms with Gasteiger partial charge in [0.05, 0.1) is 39.9 Å². The van der Waals surface area contributed by atoms with E-state index in [2.05, 4.69) is 55.6 Å². The van der Waals surface area contributed by atoms with Gasteiger partial charge in [-0.1, -0.05) is 255 Å². The molecule has 0 bridgehead atoms. The number of likely N-dealkylation sites (N-methyl/N-ethyl adjacent to an activating group) is 1. The highest BCUT2D eigenvalue weighted by Crippen LogP contribution is 2.38. The van der Waals surface area contributed by atoms with Gasteiger partial charge in [0, 0.05) is 6.42 Å². The number of rotatable bonds is 54. The molecule has 0 heterocycles. The lowest BCUT2D eigenvalue weighted by atomic mass is 10.0. The number of aliphatic hydroxyl groups is 1. The standard InChI is InChI=1S/C60H115N2O6P/c1-6-8-10-12-14-16-18-20-22-24-26-28-30-32-33-35-37-39-41-43-45-47-49-51-53-59(63)58(57-68-69(65,66)67-56-55-62(3,4)5)61-60(64)54-52-50-48-46-44-42-40-38-36-34-31-29-27-25-23-21-19-17-15-13-11-9-7-2/h27,29,34,36,43,45,51,53,58-59,63H,6-26,28,30-33,35,37-42,44,46-50,52,54-57H2,1-5H3,(H-,61,64,65,66)/b29-27-,36-34-,45-43+,53-51+. The number of quaternary nitrogens is 1. The minimum absolute atomic E-state index is 0.00871. The Morgan fingerprint density at radius 2 is 0.855 bits per heavy atom. The molecule has 3 atom stereocenters. The number of nitrogens with zero attached hydrogens (tertiary/aromatic N) is 1. The fourth-order valence-corrected chi connectivity index (χ4v) is 9.34. The lowest BCUT2D eigenvalue weighted by molar-refractivity contribution is -0.870. The number of hydrogen-bond acceptors (Lipinski definition) is 6. The van der Waals surface area contributed by atoms with Crippen LogP contribution in [0.2, 0.25) is 0 Å². The molecule has 69 heavy (non-hydrogen) atoms. The summed E-state index contributed by atoms with van der Waals surface area (Å²) in [6, 6.07) is -0.910. The van der Waals surface area contributed by atoms with Gasteiger partial charge in [-0.3, -0.25) is 9.36 Å². The molecule has 3 unspecified atom stereocenters. The number of hydrogen-bond donors (Lipinski definition) is 2. The average Bonchev–Trinajstić information content (AvgIpc) is 3.31. The molecule has 406 valence electrons. The van der Waals surface area contributed by atoms with Gasteiger partial charge in [0.1, 0.15) is 13.2 Å². The van der Waals surface area contributed by atoms with Gasteiger partial charge in [0.2, 0.25) is 5.91 Å². The van der Waals surface area contributed by atoms with Crippen LogP contribution in [0.25, 0.3) is 0 Å². The number of nitrogens with one attached hydrogen (secondary N) is 1. The molecule has 0 aromatic rings. The van der Waals surface area contributed by atoms with E-state index in [1.54, 1.807) is 6.08 Å². The third-order valence-electron chi connectivity index (χ3n) is 13.3. The highest BCUT2D eigenvalue weighted by molar-refractivity contribution is 7.45. The van der Waals surface area contributed by atoms with Crippen LogP contribution in [0.3, 0.4) is 0 Å². The zero-order valence-electron chi connectivity index (χ0n) is 46.3. The summed E-state index contributed by atoms with van der Waals surface area (Å²) in [7, 11) is 1.24. The van der Waals surface area contributed by atoms with E-state index in [0.29, 0.717) is 17.4 Å². The molecule has 2 N–H and O–H groups in total. The van der Waals surface area contributed by atoms with Crippen molar-refractivity contribution in [2.45, 2.75) is 289 Å². The van der Waals surface area contributed by atoms with Crippen LogP contribution in [0, 0.1) is 0 Å². The Labute approximate surface area is 429 Å². The Kier molecular flexibility index (Phi) is 50.2. The molecule has 0 aromatic heterocycles. The molecule has 0 spiro atoms. The maximum Gasteiger partial charge on any atom is 0.268 e. The second-order valence-corrected chi connectivity index (χ2v) is 22.8. The van der Waals surface area contributed by atoms with E-state index in [1.165, 1.54) is 199 Å². The Morgan fingerprint density at radius 1 is 0.507 bits per heavy atom. The number of phosphoric acid groups is 1. The second-order valence-electron chi connectivity index (χ2n) is 21.3. The van der Waals surface area contributed by atoms with Gasteiger partial charge in [0.15, 0.2) is 0 Å². The van der Waals surface area contributed by atoms with Crippen LogP contribution in [-0.4, -0.2) is 68.5 Å². The van der Waals surface area contributed by atoms with Crippen molar-refractivity contribution in [1.82, 2.24) is 5.32 Å². The maximum absolute atomic E-state index is 13.0. The van der Waals surface area contributed by atoms with Gasteiger partial charge >= 0.3 is 0 Å². The van der Waals surface area contributed by atoms with Gasteiger partial charge in [-0.15, -0.1) is 0 Å². The Bertz CT molecular complexity index is 1260. The highest BCUT2D eigenvalue weighted by atomic mass is 31.2. The zero-order valence-corrected chi connectivity index (χ0v) is 47.2. The number of carbonyl (C=O) groups excluding carboxylic acids is 1. The minimum atomic E-state index is -4.61. The molecule has 0 rings (SSSR count). The van der Waals surface area contributed by atoms with Crippen LogP contribution in [-0.2, 0) is 18.4 Å². The second kappa shape index (κ2) is 51.4. The molecule has 0 aliphatic rings. The summed E-state index contributed by atoms with van der Waals surface area (Å²) < 4.78 is 23.3. The molecule has 0 saturated carbocycles. The van der Waals surface area contributed by atoms with E-state index in [0.717, 1.165) is 57.8 Å². The summed E-state index contributed by atoms with van der Waals surface area (Å²) in [5.74, 6) is -0.213. The van der Waals surface area contributed by atoms with E-state index in [1.807, 2.05) is 27.2 Å². The largest absolute Gasteiger partial charge is 0.756 e. The molecule has 9 heteroatoms. The zero-order chi connectivity index (χ0) is 50.6. The molecule has 0 aromatic carbocycles. The van der Waals surface area contributed by atoms with Crippen molar-refractivity contribution < 1.29 is 32.9 Å². The third kappa shape index (κ3) is 54.1. The molecule has 0 aliphatic carbocycles. The van der Waals surface area contributed by atoms with Gasteiger partial charge in [-0.05, 0) is 64.2 Å². The first kappa shape index (κ1) is 67.5. The third-order valence-corrected chi connectivity index (χ3v) is 14.2. The molecule has 0 aliphatic heterocycles. The number of phosphoric ester groups is 1. The average molecular weight is 992 g/mol. The maximum atomic E-state index is 13.0. The van der Waals surface area contributed by atoms with Gasteiger partial charge in [0.25, 0.3) is 7.82 Å². The van der Waals surface area contributed by atoms with Gasteiger partial charge < -0.3 is 28.8 Å². The lowest BCUT2D eigenvalue weighted by Gasteiger charge is -2.29. The van der Waals surface area contributed by atoms with E-state index in [-0.39, 0.29) is 12.5 Å². The first-order valence-corrected chi connectivity index (χ1v) is 31.0. The number of unbranched alkanes of at least 4 members (excludes halogenated alkanes) is 35. The predicted molar refractivity (Wildman–Crippen MR) is 298 cm³/mol. The lowest BCUT2D eigenvalue weighted by Crippen LogP contribution is -2.45. The Morgan fingerprint density at radius 3 is 1.26 bits per heavy atom. The van der Waals surface area contributed by atoms with Crippen LogP contribution in [0.5, 0.6) is 0 Å². The Balaban J connectivity index is 4.27. The number of carbonyl (C=O) groups is 1. The van der Waals surface area contributed by atoms with Crippen molar-refractivity contribution >= 4 is 13.7 Å². The minimum Gasteiger partial charge on any atom is -0.756 e. The summed E-state index contributed by atoms with van der Waals surface area (Å²) in [5.41, 5.74) is 0. The summed E-state index contributed by atoms with van der Waals surface area (Å²) in [6.07, 6.45) is 67.7. The molecule has 8 nitrogen and oxygen atoms in total. The summed E-state index contributed by atoms with van der Waals surface area (Å²) >= 11 is 0. The molecule has 0 fully saturated rings. The number of amides is 1. The van der Waals surface area contributed by atoms with E-state index < -0.39 is 26.6 Å². The van der Waals surface area contributed by atoms with Crippen molar-refractivity contribution in [3.63, 3.8) is 0 Å². The molecule has 0 saturated heterocycles. The summed E-state index contributed by atoms with van der Waals surface area (Å²) in [5, 5.41) is 13.9. The molecular formula is C60H115N2O6P. The fraction of sp³-hybridized carbons (Fsp3) is 0.850. The van der Waals surface area contributed by atoms with Crippen molar-refractivity contribution in [3.05, 3.63) is 48.6 Å². The van der Waals surface area contributed by atoms with Crippen LogP contribution in [0.15, 0.2) is 48.6 Å².